The van der Waals surface area contributed by atoms with Gasteiger partial charge in [0.1, 0.15) is 0 Å². The van der Waals surface area contributed by atoms with Crippen molar-refractivity contribution >= 4 is 21.6 Å². The Hall–Kier alpha value is -1.05. The third-order valence-corrected chi connectivity index (χ3v) is 4.33. The number of nitrogens with zero attached hydrogens (tertiary/aromatic N) is 1. The largest absolute Gasteiger partial charge is 0.383 e. The quantitative estimate of drug-likeness (QED) is 0.895. The highest BCUT2D eigenvalue weighted by molar-refractivity contribution is 9.10. The summed E-state index contributed by atoms with van der Waals surface area (Å²) >= 11 is 3.44. The van der Waals surface area contributed by atoms with Gasteiger partial charge in [-0.2, -0.15) is 5.26 Å². The number of hydrogen-bond donors (Lipinski definition) is 2. The lowest BCUT2D eigenvalue weighted by Crippen LogP contribution is -2.50. The van der Waals surface area contributed by atoms with Crippen molar-refractivity contribution < 1.29 is 0 Å². The van der Waals surface area contributed by atoms with Crippen molar-refractivity contribution in [2.75, 3.05) is 18.4 Å². The fourth-order valence-electron chi connectivity index (χ4n) is 2.60. The number of hydrogen-bond acceptors (Lipinski definition) is 3. The lowest BCUT2D eigenvalue weighted by atomic mass is 9.77. The Bertz CT molecular complexity index is 491. The van der Waals surface area contributed by atoms with Gasteiger partial charge >= 0.3 is 0 Å². The third kappa shape index (κ3) is 3.71. The molecule has 0 amide bonds. The summed E-state index contributed by atoms with van der Waals surface area (Å²) < 4.78 is 0.935. The standard InChI is InChI=1S/C15H20BrN3/c1-15(2)4-3-5-18-14(15)10-19-13-7-11(9-17)6-12(16)8-13/h6-8,14,18-19H,3-5,10H2,1-2H3. The maximum atomic E-state index is 8.98. The molecule has 1 aromatic carbocycles. The molecule has 1 saturated heterocycles. The summed E-state index contributed by atoms with van der Waals surface area (Å²) in [6.07, 6.45) is 2.51. The summed E-state index contributed by atoms with van der Waals surface area (Å²) in [5, 5.41) is 16.0. The zero-order chi connectivity index (χ0) is 13.9. The van der Waals surface area contributed by atoms with E-state index in [1.54, 1.807) is 0 Å². The van der Waals surface area contributed by atoms with Crippen molar-refractivity contribution in [3.63, 3.8) is 0 Å². The molecule has 1 aromatic rings. The molecule has 1 fully saturated rings. The molecule has 0 radical (unpaired) electrons. The van der Waals surface area contributed by atoms with Crippen LogP contribution < -0.4 is 10.6 Å². The Morgan fingerprint density at radius 1 is 1.47 bits per heavy atom. The van der Waals surface area contributed by atoms with Gasteiger partial charge in [-0.15, -0.1) is 0 Å². The Labute approximate surface area is 123 Å². The Morgan fingerprint density at radius 2 is 2.26 bits per heavy atom. The van der Waals surface area contributed by atoms with Gasteiger partial charge in [-0.1, -0.05) is 29.8 Å². The molecule has 19 heavy (non-hydrogen) atoms. The lowest BCUT2D eigenvalue weighted by molar-refractivity contribution is 0.188. The van der Waals surface area contributed by atoms with E-state index in [4.69, 9.17) is 5.26 Å². The maximum absolute atomic E-state index is 8.98. The van der Waals surface area contributed by atoms with Gasteiger partial charge in [-0.05, 0) is 43.0 Å². The Kier molecular flexibility index (Phi) is 4.49. The number of halogens is 1. The number of benzene rings is 1. The first-order chi connectivity index (χ1) is 9.01. The number of piperidine rings is 1. The number of nitriles is 1. The van der Waals surface area contributed by atoms with Gasteiger partial charge in [0.05, 0.1) is 11.6 Å². The SMILES string of the molecule is CC1(C)CCCNC1CNc1cc(Br)cc(C#N)c1. The highest BCUT2D eigenvalue weighted by atomic mass is 79.9. The average molecular weight is 322 g/mol. The van der Waals surface area contributed by atoms with Crippen LogP contribution >= 0.6 is 15.9 Å². The van der Waals surface area contributed by atoms with E-state index in [1.165, 1.54) is 12.8 Å². The molecule has 0 saturated carbocycles. The summed E-state index contributed by atoms with van der Waals surface area (Å²) in [7, 11) is 0. The van der Waals surface area contributed by atoms with E-state index < -0.39 is 0 Å². The van der Waals surface area contributed by atoms with Crippen molar-refractivity contribution in [2.24, 2.45) is 5.41 Å². The minimum Gasteiger partial charge on any atom is -0.383 e. The number of nitrogens with one attached hydrogen (secondary N) is 2. The van der Waals surface area contributed by atoms with Crippen LogP contribution in [-0.2, 0) is 0 Å². The maximum Gasteiger partial charge on any atom is 0.0992 e. The van der Waals surface area contributed by atoms with Gasteiger partial charge in [-0.25, -0.2) is 0 Å². The molecule has 1 aliphatic heterocycles. The average Bonchev–Trinajstić information content (AvgIpc) is 2.36. The van der Waals surface area contributed by atoms with Gasteiger partial charge in [0, 0.05) is 22.7 Å². The van der Waals surface area contributed by atoms with Crippen LogP contribution in [0.25, 0.3) is 0 Å². The van der Waals surface area contributed by atoms with Crippen LogP contribution in [0.15, 0.2) is 22.7 Å². The summed E-state index contributed by atoms with van der Waals surface area (Å²) in [6.45, 7) is 6.60. The van der Waals surface area contributed by atoms with Gasteiger partial charge in [0.2, 0.25) is 0 Å². The normalized spacial score (nSPS) is 21.7. The summed E-state index contributed by atoms with van der Waals surface area (Å²) in [5.41, 5.74) is 1.98. The molecule has 2 rings (SSSR count). The van der Waals surface area contributed by atoms with E-state index in [0.717, 1.165) is 23.2 Å². The predicted molar refractivity (Wildman–Crippen MR) is 82.2 cm³/mol. The molecule has 1 heterocycles. The molecular formula is C15H20BrN3. The Morgan fingerprint density at radius 3 is 2.95 bits per heavy atom. The molecule has 2 N–H and O–H groups in total. The molecule has 1 atom stereocenters. The number of rotatable bonds is 3. The van der Waals surface area contributed by atoms with Gasteiger partial charge in [-0.3, -0.25) is 0 Å². The van der Waals surface area contributed by atoms with E-state index in [0.29, 0.717) is 17.0 Å². The van der Waals surface area contributed by atoms with Gasteiger partial charge < -0.3 is 10.6 Å². The lowest BCUT2D eigenvalue weighted by Gasteiger charge is -2.39. The monoisotopic (exact) mass is 321 g/mol. The van der Waals surface area contributed by atoms with Crippen LogP contribution in [-0.4, -0.2) is 19.1 Å². The fraction of sp³-hybridized carbons (Fsp3) is 0.533. The van der Waals surface area contributed by atoms with Crippen LogP contribution in [0.3, 0.4) is 0 Å². The first kappa shape index (κ1) is 14.4. The van der Waals surface area contributed by atoms with Crippen molar-refractivity contribution in [3.8, 4) is 6.07 Å². The van der Waals surface area contributed by atoms with Crippen LogP contribution in [0.5, 0.6) is 0 Å². The van der Waals surface area contributed by atoms with Crippen molar-refractivity contribution in [3.05, 3.63) is 28.2 Å². The zero-order valence-corrected chi connectivity index (χ0v) is 13.0. The molecular weight excluding hydrogens is 302 g/mol. The predicted octanol–water partition coefficient (Wildman–Crippen LogP) is 3.51. The van der Waals surface area contributed by atoms with Crippen LogP contribution in [0.2, 0.25) is 0 Å². The van der Waals surface area contributed by atoms with E-state index >= 15 is 0 Å². The molecule has 4 heteroatoms. The van der Waals surface area contributed by atoms with E-state index in [2.05, 4.69) is 46.5 Å². The second kappa shape index (κ2) is 5.94. The van der Waals surface area contributed by atoms with Crippen molar-refractivity contribution in [1.29, 1.82) is 5.26 Å². The molecule has 0 aliphatic carbocycles. The molecule has 1 unspecified atom stereocenters. The minimum atomic E-state index is 0.315. The van der Waals surface area contributed by atoms with E-state index in [1.807, 2.05) is 18.2 Å². The van der Waals surface area contributed by atoms with Gasteiger partial charge in [0.25, 0.3) is 0 Å². The highest BCUT2D eigenvalue weighted by Crippen LogP contribution is 2.30. The van der Waals surface area contributed by atoms with E-state index in [9.17, 15) is 0 Å². The minimum absolute atomic E-state index is 0.315. The molecule has 0 bridgehead atoms. The second-order valence-corrected chi connectivity index (χ2v) is 6.74. The van der Waals surface area contributed by atoms with Crippen LogP contribution in [0.1, 0.15) is 32.3 Å². The zero-order valence-electron chi connectivity index (χ0n) is 11.5. The van der Waals surface area contributed by atoms with Crippen molar-refractivity contribution in [2.45, 2.75) is 32.7 Å². The second-order valence-electron chi connectivity index (χ2n) is 5.82. The first-order valence-electron chi connectivity index (χ1n) is 6.69. The van der Waals surface area contributed by atoms with E-state index in [-0.39, 0.29) is 0 Å². The first-order valence-corrected chi connectivity index (χ1v) is 7.48. The molecule has 102 valence electrons. The molecule has 1 aliphatic rings. The van der Waals surface area contributed by atoms with Crippen LogP contribution in [0.4, 0.5) is 5.69 Å². The smallest absolute Gasteiger partial charge is 0.0992 e. The summed E-state index contributed by atoms with van der Waals surface area (Å²) in [6, 6.07) is 8.37. The topological polar surface area (TPSA) is 47.8 Å². The highest BCUT2D eigenvalue weighted by Gasteiger charge is 2.31. The fourth-order valence-corrected chi connectivity index (χ4v) is 3.09. The number of anilines is 1. The van der Waals surface area contributed by atoms with Crippen molar-refractivity contribution in [1.82, 2.24) is 5.32 Å². The molecule has 0 aromatic heterocycles. The van der Waals surface area contributed by atoms with Crippen LogP contribution in [0, 0.1) is 16.7 Å². The Balaban J connectivity index is 2.02. The summed E-state index contributed by atoms with van der Waals surface area (Å²) in [4.78, 5) is 0. The summed E-state index contributed by atoms with van der Waals surface area (Å²) in [5.74, 6) is 0. The molecule has 0 spiro atoms. The third-order valence-electron chi connectivity index (χ3n) is 3.87. The van der Waals surface area contributed by atoms with Gasteiger partial charge in [0.15, 0.2) is 0 Å². The molecule has 3 nitrogen and oxygen atoms in total.